The first kappa shape index (κ1) is 11.0. The van der Waals surface area contributed by atoms with Crippen LogP contribution in [0.3, 0.4) is 0 Å². The molecule has 2 heteroatoms. The van der Waals surface area contributed by atoms with E-state index in [-0.39, 0.29) is 0 Å². The third kappa shape index (κ3) is 4.63. The maximum Gasteiger partial charge on any atom is 0.0139 e. The maximum atomic E-state index is 5.76. The van der Waals surface area contributed by atoms with Crippen LogP contribution < -0.4 is 5.73 Å². The molecule has 0 aromatic carbocycles. The van der Waals surface area contributed by atoms with Crippen LogP contribution >= 0.6 is 0 Å². The van der Waals surface area contributed by atoms with E-state index in [4.69, 9.17) is 5.73 Å². The summed E-state index contributed by atoms with van der Waals surface area (Å²) in [6.07, 6.45) is 7.20. The monoisotopic (exact) mass is 184 g/mol. The van der Waals surface area contributed by atoms with Crippen molar-refractivity contribution >= 4 is 0 Å². The molecule has 13 heavy (non-hydrogen) atoms. The Bertz CT molecular complexity index is 128. The second-order valence-electron chi connectivity index (χ2n) is 4.70. The Labute approximate surface area is 82.5 Å². The molecule has 0 aliphatic heterocycles. The van der Waals surface area contributed by atoms with Crippen molar-refractivity contribution < 1.29 is 0 Å². The standard InChI is InChI=1S/C11H24N2/c1-10(12)8-13(2)9-11-6-4-3-5-7-11/h10-11H,3-9,12H2,1-2H3/t10-/m1/s1. The molecule has 0 aromatic heterocycles. The van der Waals surface area contributed by atoms with Crippen LogP contribution in [0.15, 0.2) is 0 Å². The molecule has 1 atom stereocenters. The Morgan fingerprint density at radius 1 is 1.31 bits per heavy atom. The lowest BCUT2D eigenvalue weighted by molar-refractivity contribution is 0.227. The van der Waals surface area contributed by atoms with Gasteiger partial charge in [-0.2, -0.15) is 0 Å². The van der Waals surface area contributed by atoms with Gasteiger partial charge in [0.2, 0.25) is 0 Å². The average molecular weight is 184 g/mol. The quantitative estimate of drug-likeness (QED) is 0.722. The number of rotatable bonds is 4. The Morgan fingerprint density at radius 3 is 2.46 bits per heavy atom. The second-order valence-corrected chi connectivity index (χ2v) is 4.70. The molecule has 0 bridgehead atoms. The molecule has 0 heterocycles. The van der Waals surface area contributed by atoms with Gasteiger partial charge in [-0.1, -0.05) is 19.3 Å². The summed E-state index contributed by atoms with van der Waals surface area (Å²) in [5.74, 6) is 0.942. The van der Waals surface area contributed by atoms with E-state index in [1.54, 1.807) is 0 Å². The average Bonchev–Trinajstić information content (AvgIpc) is 2.04. The molecule has 0 aromatic rings. The summed E-state index contributed by atoms with van der Waals surface area (Å²) >= 11 is 0. The first-order valence-corrected chi connectivity index (χ1v) is 5.62. The predicted octanol–water partition coefficient (Wildman–Crippen LogP) is 1.85. The number of hydrogen-bond acceptors (Lipinski definition) is 2. The zero-order chi connectivity index (χ0) is 9.68. The van der Waals surface area contributed by atoms with Crippen molar-refractivity contribution in [1.82, 2.24) is 4.90 Å². The topological polar surface area (TPSA) is 29.3 Å². The van der Waals surface area contributed by atoms with Crippen LogP contribution in [0, 0.1) is 5.92 Å². The van der Waals surface area contributed by atoms with Gasteiger partial charge in [0.25, 0.3) is 0 Å². The molecule has 1 aliphatic rings. The van der Waals surface area contributed by atoms with E-state index in [0.717, 1.165) is 12.5 Å². The highest BCUT2D eigenvalue weighted by molar-refractivity contribution is 4.70. The van der Waals surface area contributed by atoms with Gasteiger partial charge in [0.15, 0.2) is 0 Å². The minimum absolute atomic E-state index is 0.314. The molecular weight excluding hydrogens is 160 g/mol. The third-order valence-electron chi connectivity index (χ3n) is 2.89. The van der Waals surface area contributed by atoms with Gasteiger partial charge in [-0.05, 0) is 32.7 Å². The molecule has 2 nitrogen and oxygen atoms in total. The molecule has 1 rings (SSSR count). The van der Waals surface area contributed by atoms with Crippen molar-refractivity contribution in [3.63, 3.8) is 0 Å². The molecule has 0 saturated heterocycles. The Hall–Kier alpha value is -0.0800. The van der Waals surface area contributed by atoms with E-state index in [9.17, 15) is 0 Å². The van der Waals surface area contributed by atoms with Gasteiger partial charge < -0.3 is 10.6 Å². The molecule has 0 spiro atoms. The number of nitrogens with two attached hydrogens (primary N) is 1. The van der Waals surface area contributed by atoms with Crippen LogP contribution in [-0.2, 0) is 0 Å². The Kier molecular flexibility index (Phi) is 4.74. The van der Waals surface area contributed by atoms with Gasteiger partial charge >= 0.3 is 0 Å². The van der Waals surface area contributed by atoms with Gasteiger partial charge in [-0.3, -0.25) is 0 Å². The fraction of sp³-hybridized carbons (Fsp3) is 1.00. The van der Waals surface area contributed by atoms with E-state index in [2.05, 4.69) is 18.9 Å². The molecule has 1 aliphatic carbocycles. The minimum Gasteiger partial charge on any atom is -0.327 e. The molecule has 2 N–H and O–H groups in total. The predicted molar refractivity (Wildman–Crippen MR) is 57.7 cm³/mol. The lowest BCUT2D eigenvalue weighted by atomic mass is 9.89. The van der Waals surface area contributed by atoms with Gasteiger partial charge in [-0.15, -0.1) is 0 Å². The van der Waals surface area contributed by atoms with E-state index < -0.39 is 0 Å². The highest BCUT2D eigenvalue weighted by atomic mass is 15.1. The highest BCUT2D eigenvalue weighted by Gasteiger charge is 2.15. The normalized spacial score (nSPS) is 22.2. The van der Waals surface area contributed by atoms with E-state index >= 15 is 0 Å². The maximum absolute atomic E-state index is 5.76. The van der Waals surface area contributed by atoms with Crippen LogP contribution in [0.5, 0.6) is 0 Å². The highest BCUT2D eigenvalue weighted by Crippen LogP contribution is 2.23. The second kappa shape index (κ2) is 5.61. The van der Waals surface area contributed by atoms with E-state index in [1.165, 1.54) is 38.6 Å². The van der Waals surface area contributed by atoms with E-state index in [1.807, 2.05) is 0 Å². The summed E-state index contributed by atoms with van der Waals surface area (Å²) in [7, 11) is 2.19. The summed E-state index contributed by atoms with van der Waals surface area (Å²) in [5.41, 5.74) is 5.76. The van der Waals surface area contributed by atoms with Crippen LogP contribution in [0.25, 0.3) is 0 Å². The smallest absolute Gasteiger partial charge is 0.0139 e. The zero-order valence-corrected chi connectivity index (χ0v) is 9.13. The summed E-state index contributed by atoms with van der Waals surface area (Å²) in [5, 5.41) is 0. The number of likely N-dealkylation sites (N-methyl/N-ethyl adjacent to an activating group) is 1. The minimum atomic E-state index is 0.314. The summed E-state index contributed by atoms with van der Waals surface area (Å²) < 4.78 is 0. The molecule has 0 unspecified atom stereocenters. The number of hydrogen-bond donors (Lipinski definition) is 1. The fourth-order valence-corrected chi connectivity index (χ4v) is 2.38. The van der Waals surface area contributed by atoms with Crippen LogP contribution in [0.2, 0.25) is 0 Å². The Balaban J connectivity index is 2.14. The van der Waals surface area contributed by atoms with Crippen molar-refractivity contribution in [3.05, 3.63) is 0 Å². The number of nitrogens with zero attached hydrogens (tertiary/aromatic N) is 1. The van der Waals surface area contributed by atoms with Crippen molar-refractivity contribution in [3.8, 4) is 0 Å². The third-order valence-corrected chi connectivity index (χ3v) is 2.89. The van der Waals surface area contributed by atoms with Gasteiger partial charge in [0.05, 0.1) is 0 Å². The largest absolute Gasteiger partial charge is 0.327 e. The van der Waals surface area contributed by atoms with Gasteiger partial charge in [0, 0.05) is 19.1 Å². The van der Waals surface area contributed by atoms with Crippen molar-refractivity contribution in [2.24, 2.45) is 11.7 Å². The first-order chi connectivity index (χ1) is 6.18. The van der Waals surface area contributed by atoms with Crippen molar-refractivity contribution in [1.29, 1.82) is 0 Å². The summed E-state index contributed by atoms with van der Waals surface area (Å²) in [6, 6.07) is 0.314. The Morgan fingerprint density at radius 2 is 1.92 bits per heavy atom. The summed E-state index contributed by atoms with van der Waals surface area (Å²) in [4.78, 5) is 2.39. The SMILES string of the molecule is C[C@@H](N)CN(C)CC1CCCCC1. The van der Waals surface area contributed by atoms with Crippen molar-refractivity contribution in [2.75, 3.05) is 20.1 Å². The molecular formula is C11H24N2. The van der Waals surface area contributed by atoms with Crippen molar-refractivity contribution in [2.45, 2.75) is 45.1 Å². The molecule has 0 amide bonds. The van der Waals surface area contributed by atoms with Crippen LogP contribution in [0.4, 0.5) is 0 Å². The lowest BCUT2D eigenvalue weighted by Gasteiger charge is -2.27. The van der Waals surface area contributed by atoms with Crippen LogP contribution in [-0.4, -0.2) is 31.1 Å². The first-order valence-electron chi connectivity index (χ1n) is 5.62. The van der Waals surface area contributed by atoms with Gasteiger partial charge in [-0.25, -0.2) is 0 Å². The zero-order valence-electron chi connectivity index (χ0n) is 9.13. The van der Waals surface area contributed by atoms with Crippen LogP contribution in [0.1, 0.15) is 39.0 Å². The molecule has 1 fully saturated rings. The molecule has 78 valence electrons. The molecule has 0 radical (unpaired) electrons. The van der Waals surface area contributed by atoms with Gasteiger partial charge in [0.1, 0.15) is 0 Å². The summed E-state index contributed by atoms with van der Waals surface area (Å²) in [6.45, 7) is 4.37. The lowest BCUT2D eigenvalue weighted by Crippen LogP contribution is -2.36. The molecule has 1 saturated carbocycles. The fourth-order valence-electron chi connectivity index (χ4n) is 2.38. The van der Waals surface area contributed by atoms with E-state index in [0.29, 0.717) is 6.04 Å².